The molecule has 2 aromatic heterocycles. The third kappa shape index (κ3) is 3.96. The van der Waals surface area contributed by atoms with E-state index in [1.54, 1.807) is 19.3 Å². The molecule has 7 heteroatoms. The van der Waals surface area contributed by atoms with E-state index in [0.29, 0.717) is 16.4 Å². The fourth-order valence-electron chi connectivity index (χ4n) is 2.06. The summed E-state index contributed by atoms with van der Waals surface area (Å²) in [7, 11) is 1.79. The molecule has 0 saturated carbocycles. The van der Waals surface area contributed by atoms with Crippen LogP contribution in [-0.4, -0.2) is 33.8 Å². The van der Waals surface area contributed by atoms with Crippen LogP contribution in [0.15, 0.2) is 23.4 Å². The number of nitrogens with one attached hydrogen (secondary N) is 1. The number of anilines is 1. The first-order valence-corrected chi connectivity index (χ1v) is 8.24. The monoisotopic (exact) mass is 336 g/mol. The highest BCUT2D eigenvalue weighted by Gasteiger charge is 2.17. The molecule has 0 unspecified atom stereocenters. The Balaban J connectivity index is 2.33. The van der Waals surface area contributed by atoms with Gasteiger partial charge in [-0.1, -0.05) is 24.6 Å². The zero-order chi connectivity index (χ0) is 16.1. The molecule has 0 atom stereocenters. The van der Waals surface area contributed by atoms with Crippen molar-refractivity contribution in [3.05, 3.63) is 40.2 Å². The lowest BCUT2D eigenvalue weighted by molar-refractivity contribution is 0.0989. The molecule has 1 N–H and O–H groups in total. The third-order valence-electron chi connectivity index (χ3n) is 3.00. The minimum absolute atomic E-state index is 0.0448. The third-order valence-corrected chi connectivity index (χ3v) is 4.05. The molecule has 5 nitrogen and oxygen atoms in total. The lowest BCUT2D eigenvalue weighted by Gasteiger charge is -2.10. The first-order chi connectivity index (χ1) is 10.5. The number of carbonyl (C=O) groups is 1. The van der Waals surface area contributed by atoms with Crippen molar-refractivity contribution in [3.63, 3.8) is 0 Å². The van der Waals surface area contributed by atoms with E-state index < -0.39 is 0 Å². The predicted molar refractivity (Wildman–Crippen MR) is 90.0 cm³/mol. The second-order valence-corrected chi connectivity index (χ2v) is 6.33. The fraction of sp³-hybridized carbons (Fsp3) is 0.333. The molecule has 0 aromatic carbocycles. The number of carbonyl (C=O) groups excluding carboxylic acids is 1. The van der Waals surface area contributed by atoms with Gasteiger partial charge >= 0.3 is 0 Å². The van der Waals surface area contributed by atoms with Crippen molar-refractivity contribution in [3.8, 4) is 0 Å². The average molecular weight is 337 g/mol. The fourth-order valence-corrected chi connectivity index (χ4v) is 2.90. The Morgan fingerprint density at radius 2 is 2.14 bits per heavy atom. The predicted octanol–water partition coefficient (Wildman–Crippen LogP) is 3.41. The van der Waals surface area contributed by atoms with Crippen molar-refractivity contribution in [2.75, 3.05) is 18.1 Å². The number of hydrogen-bond acceptors (Lipinski definition) is 6. The van der Waals surface area contributed by atoms with Crippen LogP contribution in [0.5, 0.6) is 0 Å². The quantitative estimate of drug-likeness (QED) is 0.644. The topological polar surface area (TPSA) is 67.8 Å². The summed E-state index contributed by atoms with van der Waals surface area (Å²) in [6, 6.07) is 3.54. The van der Waals surface area contributed by atoms with Crippen molar-refractivity contribution in [2.45, 2.75) is 25.3 Å². The van der Waals surface area contributed by atoms with Crippen molar-refractivity contribution in [2.24, 2.45) is 0 Å². The van der Waals surface area contributed by atoms with E-state index in [0.717, 1.165) is 16.9 Å². The molecule has 0 saturated heterocycles. The van der Waals surface area contributed by atoms with Gasteiger partial charge in [0.25, 0.3) is 0 Å². The van der Waals surface area contributed by atoms with Gasteiger partial charge in [-0.25, -0.2) is 4.98 Å². The van der Waals surface area contributed by atoms with E-state index in [1.165, 1.54) is 11.8 Å². The zero-order valence-electron chi connectivity index (χ0n) is 12.7. The summed E-state index contributed by atoms with van der Waals surface area (Å²) in [4.78, 5) is 16.9. The van der Waals surface area contributed by atoms with Gasteiger partial charge in [0.1, 0.15) is 10.8 Å². The van der Waals surface area contributed by atoms with Gasteiger partial charge in [0.15, 0.2) is 10.9 Å². The Bertz CT molecular complexity index is 693. The largest absolute Gasteiger partial charge is 0.373 e. The number of nitrogens with zero attached hydrogens (tertiary/aromatic N) is 3. The Kier molecular flexibility index (Phi) is 5.74. The van der Waals surface area contributed by atoms with Crippen LogP contribution in [-0.2, 0) is 6.42 Å². The summed E-state index contributed by atoms with van der Waals surface area (Å²) in [5.41, 5.74) is 2.37. The van der Waals surface area contributed by atoms with Crippen LogP contribution in [0.25, 0.3) is 0 Å². The van der Waals surface area contributed by atoms with E-state index in [2.05, 4.69) is 20.5 Å². The maximum absolute atomic E-state index is 12.6. The van der Waals surface area contributed by atoms with Crippen LogP contribution in [0.3, 0.4) is 0 Å². The zero-order valence-corrected chi connectivity index (χ0v) is 14.3. The standard InChI is InChI=1S/C15H17ClN4OS/c1-4-22-15-11(7-13(16)19-20-15)12(21)6-10-5-9(2)8-18-14(10)17-3/h5,7-8H,4,6H2,1-3H3,(H,17,18). The van der Waals surface area contributed by atoms with Gasteiger partial charge in [-0.2, -0.15) is 0 Å². The second-order valence-electron chi connectivity index (χ2n) is 4.69. The maximum Gasteiger partial charge on any atom is 0.170 e. The number of aryl methyl sites for hydroxylation is 1. The van der Waals surface area contributed by atoms with E-state index in [1.807, 2.05) is 19.9 Å². The molecule has 0 amide bonds. The summed E-state index contributed by atoms with van der Waals surface area (Å²) in [5, 5.41) is 11.7. The smallest absolute Gasteiger partial charge is 0.170 e. The Morgan fingerprint density at radius 3 is 2.82 bits per heavy atom. The molecule has 0 aliphatic rings. The normalized spacial score (nSPS) is 10.5. The lowest BCUT2D eigenvalue weighted by atomic mass is 10.0. The Hall–Kier alpha value is -1.66. The van der Waals surface area contributed by atoms with Crippen molar-refractivity contribution in [1.29, 1.82) is 0 Å². The van der Waals surface area contributed by atoms with Gasteiger partial charge in [0, 0.05) is 25.2 Å². The average Bonchev–Trinajstić information content (AvgIpc) is 2.49. The number of Topliss-reactive ketones (excluding diaryl/α,β-unsaturated/α-hetero) is 1. The number of pyridine rings is 1. The molecule has 0 aliphatic heterocycles. The number of thioether (sulfide) groups is 1. The molecule has 0 radical (unpaired) electrons. The molecule has 2 rings (SSSR count). The number of hydrogen-bond donors (Lipinski definition) is 1. The van der Waals surface area contributed by atoms with Gasteiger partial charge in [0.05, 0.1) is 5.56 Å². The number of aromatic nitrogens is 3. The second kappa shape index (κ2) is 7.56. The molecule has 2 aromatic rings. The molecule has 0 spiro atoms. The van der Waals surface area contributed by atoms with Gasteiger partial charge in [-0.05, 0) is 24.3 Å². The van der Waals surface area contributed by atoms with Gasteiger partial charge in [-0.15, -0.1) is 22.0 Å². The molecule has 116 valence electrons. The maximum atomic E-state index is 12.6. The molecular formula is C15H17ClN4OS. The van der Waals surface area contributed by atoms with Gasteiger partial charge < -0.3 is 5.32 Å². The summed E-state index contributed by atoms with van der Waals surface area (Å²) >= 11 is 7.37. The van der Waals surface area contributed by atoms with E-state index in [4.69, 9.17) is 11.6 Å². The van der Waals surface area contributed by atoms with Crippen LogP contribution in [0.4, 0.5) is 5.82 Å². The minimum Gasteiger partial charge on any atom is -0.373 e. The molecule has 2 heterocycles. The first kappa shape index (κ1) is 16.7. The van der Waals surface area contributed by atoms with Gasteiger partial charge in [-0.3, -0.25) is 4.79 Å². The van der Waals surface area contributed by atoms with E-state index >= 15 is 0 Å². The minimum atomic E-state index is -0.0448. The van der Waals surface area contributed by atoms with Crippen LogP contribution >= 0.6 is 23.4 Å². The molecular weight excluding hydrogens is 320 g/mol. The van der Waals surface area contributed by atoms with E-state index in [9.17, 15) is 4.79 Å². The first-order valence-electron chi connectivity index (χ1n) is 6.87. The van der Waals surface area contributed by atoms with Crippen molar-refractivity contribution < 1.29 is 4.79 Å². The van der Waals surface area contributed by atoms with Crippen molar-refractivity contribution in [1.82, 2.24) is 15.2 Å². The molecule has 0 aliphatic carbocycles. The Labute approximate surface area is 138 Å². The van der Waals surface area contributed by atoms with E-state index in [-0.39, 0.29) is 17.4 Å². The number of ketones is 1. The van der Waals surface area contributed by atoms with Crippen LogP contribution < -0.4 is 5.32 Å². The number of rotatable bonds is 6. The highest BCUT2D eigenvalue weighted by molar-refractivity contribution is 7.99. The lowest BCUT2D eigenvalue weighted by Crippen LogP contribution is -2.10. The van der Waals surface area contributed by atoms with Gasteiger partial charge in [0.2, 0.25) is 0 Å². The van der Waals surface area contributed by atoms with Crippen LogP contribution in [0.1, 0.15) is 28.4 Å². The molecule has 0 fully saturated rings. The molecule has 22 heavy (non-hydrogen) atoms. The summed E-state index contributed by atoms with van der Waals surface area (Å²) in [6.45, 7) is 3.95. The van der Waals surface area contributed by atoms with Crippen LogP contribution in [0, 0.1) is 6.92 Å². The highest BCUT2D eigenvalue weighted by atomic mass is 35.5. The summed E-state index contributed by atoms with van der Waals surface area (Å²) < 4.78 is 0. The molecule has 0 bridgehead atoms. The number of halogens is 1. The van der Waals surface area contributed by atoms with Crippen molar-refractivity contribution >= 4 is 35.0 Å². The summed E-state index contributed by atoms with van der Waals surface area (Å²) in [6.07, 6.45) is 2.01. The summed E-state index contributed by atoms with van der Waals surface area (Å²) in [5.74, 6) is 1.47. The SMILES string of the molecule is CCSc1nnc(Cl)cc1C(=O)Cc1cc(C)cnc1NC. The highest BCUT2D eigenvalue weighted by Crippen LogP contribution is 2.24. The Morgan fingerprint density at radius 1 is 1.36 bits per heavy atom. The van der Waals surface area contributed by atoms with Crippen LogP contribution in [0.2, 0.25) is 5.15 Å².